The first-order chi connectivity index (χ1) is 8.27. The maximum atomic E-state index is 5.64. The molecule has 0 saturated carbocycles. The van der Waals surface area contributed by atoms with E-state index in [9.17, 15) is 0 Å². The van der Waals surface area contributed by atoms with Gasteiger partial charge in [-0.05, 0) is 23.3 Å². The van der Waals surface area contributed by atoms with Crippen molar-refractivity contribution in [3.05, 3.63) is 48.0 Å². The molecule has 0 heterocycles. The van der Waals surface area contributed by atoms with E-state index in [1.54, 1.807) is 7.11 Å². The largest absolute Gasteiger partial charge is 0.380 e. The molecule has 0 aliphatic rings. The third-order valence-corrected chi connectivity index (χ3v) is 3.18. The molecule has 2 rings (SSSR count). The monoisotopic (exact) mass is 230 g/mol. The summed E-state index contributed by atoms with van der Waals surface area (Å²) in [5.41, 5.74) is 4.00. The van der Waals surface area contributed by atoms with Crippen LogP contribution in [0, 0.1) is 0 Å². The summed E-state index contributed by atoms with van der Waals surface area (Å²) in [6, 6.07) is 14.5. The summed E-state index contributed by atoms with van der Waals surface area (Å²) in [6.45, 7) is 2.01. The minimum Gasteiger partial charge on any atom is -0.380 e. The molecule has 2 aromatic carbocycles. The van der Waals surface area contributed by atoms with E-state index in [0.29, 0.717) is 0 Å². The van der Waals surface area contributed by atoms with Gasteiger partial charge in [0.05, 0.1) is 12.1 Å². The zero-order valence-electron chi connectivity index (χ0n) is 10.2. The molecule has 90 valence electrons. The van der Waals surface area contributed by atoms with E-state index in [4.69, 9.17) is 10.6 Å². The smallest absolute Gasteiger partial charge is 0.0751 e. The number of nitrogens with one attached hydrogen (secondary N) is 1. The van der Waals surface area contributed by atoms with Crippen molar-refractivity contribution in [1.82, 2.24) is 5.43 Å². The molecule has 2 aromatic rings. The zero-order valence-corrected chi connectivity index (χ0v) is 10.2. The third kappa shape index (κ3) is 2.31. The fraction of sp³-hybridized carbons (Fsp3) is 0.286. The van der Waals surface area contributed by atoms with Gasteiger partial charge in [0, 0.05) is 7.11 Å². The SMILES string of the molecule is COC(C)C(NN)c1cccc2ccccc12. The maximum absolute atomic E-state index is 5.64. The molecule has 3 nitrogen and oxygen atoms in total. The Morgan fingerprint density at radius 3 is 2.53 bits per heavy atom. The number of rotatable bonds is 4. The predicted molar refractivity (Wildman–Crippen MR) is 70.5 cm³/mol. The summed E-state index contributed by atoms with van der Waals surface area (Å²) in [4.78, 5) is 0. The fourth-order valence-corrected chi connectivity index (χ4v) is 2.14. The lowest BCUT2D eigenvalue weighted by Gasteiger charge is -2.23. The summed E-state index contributed by atoms with van der Waals surface area (Å²) < 4.78 is 5.36. The Bertz CT molecular complexity index is 493. The average molecular weight is 230 g/mol. The molecule has 0 aliphatic carbocycles. The number of benzene rings is 2. The minimum atomic E-state index is -0.00824. The van der Waals surface area contributed by atoms with Crippen molar-refractivity contribution in [1.29, 1.82) is 0 Å². The van der Waals surface area contributed by atoms with Crippen LogP contribution in [0.4, 0.5) is 0 Å². The minimum absolute atomic E-state index is 0.00824. The molecule has 2 unspecified atom stereocenters. The highest BCUT2D eigenvalue weighted by molar-refractivity contribution is 5.86. The number of methoxy groups -OCH3 is 1. The van der Waals surface area contributed by atoms with Gasteiger partial charge >= 0.3 is 0 Å². The molecule has 2 atom stereocenters. The van der Waals surface area contributed by atoms with Crippen LogP contribution < -0.4 is 11.3 Å². The lowest BCUT2D eigenvalue weighted by molar-refractivity contribution is 0.0835. The van der Waals surface area contributed by atoms with Gasteiger partial charge in [-0.25, -0.2) is 0 Å². The van der Waals surface area contributed by atoms with Gasteiger partial charge in [-0.15, -0.1) is 0 Å². The van der Waals surface area contributed by atoms with E-state index < -0.39 is 0 Å². The molecule has 0 bridgehead atoms. The lowest BCUT2D eigenvalue weighted by Crippen LogP contribution is -2.36. The quantitative estimate of drug-likeness (QED) is 0.626. The van der Waals surface area contributed by atoms with Crippen molar-refractivity contribution in [2.45, 2.75) is 19.1 Å². The summed E-state index contributed by atoms with van der Waals surface area (Å²) >= 11 is 0. The van der Waals surface area contributed by atoms with Crippen molar-refractivity contribution in [3.8, 4) is 0 Å². The number of nitrogens with two attached hydrogens (primary N) is 1. The fourth-order valence-electron chi connectivity index (χ4n) is 2.14. The number of hydrogen-bond acceptors (Lipinski definition) is 3. The molecule has 0 aromatic heterocycles. The predicted octanol–water partition coefficient (Wildman–Crippen LogP) is 2.38. The highest BCUT2D eigenvalue weighted by Gasteiger charge is 2.19. The molecule has 17 heavy (non-hydrogen) atoms. The van der Waals surface area contributed by atoms with Gasteiger partial charge in [0.15, 0.2) is 0 Å². The Morgan fingerprint density at radius 1 is 1.12 bits per heavy atom. The van der Waals surface area contributed by atoms with E-state index in [0.717, 1.165) is 0 Å². The highest BCUT2D eigenvalue weighted by atomic mass is 16.5. The van der Waals surface area contributed by atoms with E-state index in [-0.39, 0.29) is 12.1 Å². The van der Waals surface area contributed by atoms with Crippen LogP contribution in [0.3, 0.4) is 0 Å². The van der Waals surface area contributed by atoms with E-state index in [1.165, 1.54) is 16.3 Å². The molecular formula is C14H18N2O. The molecule has 0 spiro atoms. The summed E-state index contributed by atoms with van der Waals surface area (Å²) in [6.07, 6.45) is 0.0193. The Labute approximate surface area is 102 Å². The number of ether oxygens (including phenoxy) is 1. The van der Waals surface area contributed by atoms with Crippen LogP contribution in [0.25, 0.3) is 10.8 Å². The molecule has 3 N–H and O–H groups in total. The zero-order chi connectivity index (χ0) is 12.3. The molecule has 0 radical (unpaired) electrons. The van der Waals surface area contributed by atoms with Crippen LogP contribution in [0.15, 0.2) is 42.5 Å². The summed E-state index contributed by atoms with van der Waals surface area (Å²) in [5.74, 6) is 5.64. The van der Waals surface area contributed by atoms with Crippen LogP contribution >= 0.6 is 0 Å². The van der Waals surface area contributed by atoms with Crippen LogP contribution in [-0.4, -0.2) is 13.2 Å². The molecular weight excluding hydrogens is 212 g/mol. The maximum Gasteiger partial charge on any atom is 0.0751 e. The Hall–Kier alpha value is -1.42. The molecule has 0 saturated heterocycles. The van der Waals surface area contributed by atoms with E-state index in [1.807, 2.05) is 25.1 Å². The molecule has 0 fully saturated rings. The van der Waals surface area contributed by atoms with Gasteiger partial charge in [-0.2, -0.15) is 0 Å². The van der Waals surface area contributed by atoms with Crippen molar-refractivity contribution >= 4 is 10.8 Å². The number of hydrazine groups is 1. The molecule has 3 heteroatoms. The van der Waals surface area contributed by atoms with Crippen molar-refractivity contribution in [3.63, 3.8) is 0 Å². The second-order valence-corrected chi connectivity index (χ2v) is 4.15. The highest BCUT2D eigenvalue weighted by Crippen LogP contribution is 2.26. The van der Waals surface area contributed by atoms with Gasteiger partial charge in [-0.3, -0.25) is 11.3 Å². The number of hydrogen-bond donors (Lipinski definition) is 2. The lowest BCUT2D eigenvalue weighted by atomic mass is 9.96. The molecule has 0 amide bonds. The summed E-state index contributed by atoms with van der Waals surface area (Å²) in [5, 5.41) is 2.43. The molecule has 0 aliphatic heterocycles. The van der Waals surface area contributed by atoms with Gasteiger partial charge < -0.3 is 4.74 Å². The van der Waals surface area contributed by atoms with Crippen LogP contribution in [-0.2, 0) is 4.74 Å². The van der Waals surface area contributed by atoms with Crippen molar-refractivity contribution in [2.75, 3.05) is 7.11 Å². The Kier molecular flexibility index (Phi) is 3.74. The number of fused-ring (bicyclic) bond motifs is 1. The van der Waals surface area contributed by atoms with Gasteiger partial charge in [0.2, 0.25) is 0 Å². The van der Waals surface area contributed by atoms with Gasteiger partial charge in [0.1, 0.15) is 0 Å². The van der Waals surface area contributed by atoms with Crippen molar-refractivity contribution < 1.29 is 4.74 Å². The Balaban J connectivity index is 2.53. The van der Waals surface area contributed by atoms with Gasteiger partial charge in [-0.1, -0.05) is 42.5 Å². The van der Waals surface area contributed by atoms with Crippen LogP contribution in [0.1, 0.15) is 18.5 Å². The summed E-state index contributed by atoms with van der Waals surface area (Å²) in [7, 11) is 1.69. The Morgan fingerprint density at radius 2 is 1.82 bits per heavy atom. The first-order valence-corrected chi connectivity index (χ1v) is 5.74. The van der Waals surface area contributed by atoms with Gasteiger partial charge in [0.25, 0.3) is 0 Å². The van der Waals surface area contributed by atoms with Crippen molar-refractivity contribution in [2.24, 2.45) is 5.84 Å². The van der Waals surface area contributed by atoms with E-state index in [2.05, 4.69) is 29.7 Å². The van der Waals surface area contributed by atoms with Crippen LogP contribution in [0.2, 0.25) is 0 Å². The average Bonchev–Trinajstić information content (AvgIpc) is 2.39. The standard InChI is InChI=1S/C14H18N2O/c1-10(17-2)14(16-15)13-9-5-7-11-6-3-4-8-12(11)13/h3-10,14,16H,15H2,1-2H3. The van der Waals surface area contributed by atoms with Crippen LogP contribution in [0.5, 0.6) is 0 Å². The second kappa shape index (κ2) is 5.27. The third-order valence-electron chi connectivity index (χ3n) is 3.18. The second-order valence-electron chi connectivity index (χ2n) is 4.15. The normalized spacial score (nSPS) is 14.8. The first-order valence-electron chi connectivity index (χ1n) is 5.74. The topological polar surface area (TPSA) is 47.3 Å². The van der Waals surface area contributed by atoms with E-state index >= 15 is 0 Å². The first kappa shape index (κ1) is 12.0.